The molecular formula is C9H12O3S. The van der Waals surface area contributed by atoms with Crippen LogP contribution in [0.5, 0.6) is 5.75 Å². The lowest BCUT2D eigenvalue weighted by Crippen LogP contribution is -2.03. The van der Waals surface area contributed by atoms with E-state index in [2.05, 4.69) is 0 Å². The zero-order valence-corrected chi connectivity index (χ0v) is 8.00. The normalized spacial score (nSPS) is 12.4. The van der Waals surface area contributed by atoms with Gasteiger partial charge >= 0.3 is 0 Å². The predicted octanol–water partition coefficient (Wildman–Crippen LogP) is 1.68. The highest BCUT2D eigenvalue weighted by Gasteiger charge is 1.94. The van der Waals surface area contributed by atoms with Crippen LogP contribution < -0.4 is 4.74 Å². The molecule has 0 aliphatic carbocycles. The number of hydrogen-bond donors (Lipinski definition) is 1. The van der Waals surface area contributed by atoms with Crippen molar-refractivity contribution in [3.8, 4) is 5.75 Å². The molecule has 0 amide bonds. The Morgan fingerprint density at radius 3 is 2.62 bits per heavy atom. The summed E-state index contributed by atoms with van der Waals surface area (Å²) in [5.41, 5.74) is 0. The van der Waals surface area contributed by atoms with Gasteiger partial charge in [-0.3, -0.25) is 0 Å². The monoisotopic (exact) mass is 200 g/mol. The van der Waals surface area contributed by atoms with E-state index in [0.717, 1.165) is 5.75 Å². The van der Waals surface area contributed by atoms with E-state index >= 15 is 0 Å². The molecule has 0 saturated carbocycles. The highest BCUT2D eigenvalue weighted by Crippen LogP contribution is 2.08. The van der Waals surface area contributed by atoms with Crippen molar-refractivity contribution in [3.05, 3.63) is 30.3 Å². The summed E-state index contributed by atoms with van der Waals surface area (Å²) in [4.78, 5) is 0. The van der Waals surface area contributed by atoms with Gasteiger partial charge in [0.1, 0.15) is 5.75 Å². The Labute approximate surface area is 80.0 Å². The standard InChI is InChI=1S/C9H12O3S/c10-13(11)8-4-7-12-9-5-2-1-3-6-9/h1-3,5-6H,4,7-8H2,(H,10,11). The Morgan fingerprint density at radius 1 is 1.31 bits per heavy atom. The van der Waals surface area contributed by atoms with Gasteiger partial charge in [0.15, 0.2) is 11.1 Å². The highest BCUT2D eigenvalue weighted by atomic mass is 32.2. The van der Waals surface area contributed by atoms with Crippen LogP contribution in [0.2, 0.25) is 0 Å². The first-order chi connectivity index (χ1) is 6.29. The van der Waals surface area contributed by atoms with Gasteiger partial charge < -0.3 is 9.29 Å². The molecule has 0 heterocycles. The summed E-state index contributed by atoms with van der Waals surface area (Å²) in [7, 11) is 0. The molecule has 4 heteroatoms. The van der Waals surface area contributed by atoms with E-state index in [4.69, 9.17) is 9.29 Å². The lowest BCUT2D eigenvalue weighted by atomic mass is 10.3. The minimum absolute atomic E-state index is 0.271. The Balaban J connectivity index is 2.17. The molecule has 72 valence electrons. The summed E-state index contributed by atoms with van der Waals surface area (Å²) in [5, 5.41) is 0. The van der Waals surface area contributed by atoms with E-state index in [1.807, 2.05) is 30.3 Å². The number of benzene rings is 1. The second-order valence-corrected chi connectivity index (χ2v) is 3.59. The van der Waals surface area contributed by atoms with Gasteiger partial charge in [-0.05, 0) is 18.6 Å². The third kappa shape index (κ3) is 4.65. The molecule has 1 aromatic carbocycles. The number of ether oxygens (including phenoxy) is 1. The van der Waals surface area contributed by atoms with Gasteiger partial charge in [0, 0.05) is 0 Å². The molecule has 1 rings (SSSR count). The van der Waals surface area contributed by atoms with Crippen molar-refractivity contribution in [2.45, 2.75) is 6.42 Å². The first kappa shape index (κ1) is 10.2. The van der Waals surface area contributed by atoms with Crippen molar-refractivity contribution in [1.29, 1.82) is 0 Å². The molecule has 1 unspecified atom stereocenters. The van der Waals surface area contributed by atoms with E-state index in [0.29, 0.717) is 13.0 Å². The molecule has 0 radical (unpaired) electrons. The average molecular weight is 200 g/mol. The maximum absolute atomic E-state index is 10.3. The fourth-order valence-corrected chi connectivity index (χ4v) is 1.25. The van der Waals surface area contributed by atoms with Crippen LogP contribution in [0.25, 0.3) is 0 Å². The second-order valence-electron chi connectivity index (χ2n) is 2.54. The molecule has 1 aromatic rings. The molecule has 0 saturated heterocycles. The minimum atomic E-state index is -1.70. The topological polar surface area (TPSA) is 46.5 Å². The zero-order valence-electron chi connectivity index (χ0n) is 7.18. The smallest absolute Gasteiger partial charge is 0.152 e. The molecule has 0 spiro atoms. The van der Waals surface area contributed by atoms with Gasteiger partial charge in [-0.25, -0.2) is 4.21 Å². The van der Waals surface area contributed by atoms with Crippen LogP contribution >= 0.6 is 0 Å². The van der Waals surface area contributed by atoms with Gasteiger partial charge in [-0.1, -0.05) is 18.2 Å². The van der Waals surface area contributed by atoms with E-state index in [1.54, 1.807) is 0 Å². The van der Waals surface area contributed by atoms with Gasteiger partial charge in [0.05, 0.1) is 12.4 Å². The second kappa shape index (κ2) is 5.72. The molecule has 0 aliphatic heterocycles. The Morgan fingerprint density at radius 2 is 2.00 bits per heavy atom. The summed E-state index contributed by atoms with van der Waals surface area (Å²) >= 11 is -1.70. The van der Waals surface area contributed by atoms with Crippen LogP contribution in [0.1, 0.15) is 6.42 Å². The molecule has 13 heavy (non-hydrogen) atoms. The fourth-order valence-electron chi connectivity index (χ4n) is 0.889. The van der Waals surface area contributed by atoms with Crippen molar-refractivity contribution >= 4 is 11.1 Å². The van der Waals surface area contributed by atoms with E-state index in [-0.39, 0.29) is 5.75 Å². The Hall–Kier alpha value is -0.870. The van der Waals surface area contributed by atoms with E-state index < -0.39 is 11.1 Å². The molecule has 1 atom stereocenters. The fraction of sp³-hybridized carbons (Fsp3) is 0.333. The first-order valence-corrected chi connectivity index (χ1v) is 5.32. The number of hydrogen-bond acceptors (Lipinski definition) is 2. The third-order valence-electron chi connectivity index (χ3n) is 1.48. The van der Waals surface area contributed by atoms with Crippen LogP contribution in [0, 0.1) is 0 Å². The van der Waals surface area contributed by atoms with Crippen molar-refractivity contribution in [1.82, 2.24) is 0 Å². The predicted molar refractivity (Wildman–Crippen MR) is 52.2 cm³/mol. The summed E-state index contributed by atoms with van der Waals surface area (Å²) < 4.78 is 24.0. The van der Waals surface area contributed by atoms with Crippen LogP contribution in [-0.4, -0.2) is 21.1 Å². The largest absolute Gasteiger partial charge is 0.494 e. The van der Waals surface area contributed by atoms with Crippen molar-refractivity contribution in [3.63, 3.8) is 0 Å². The molecule has 1 N–H and O–H groups in total. The van der Waals surface area contributed by atoms with Crippen LogP contribution in [0.4, 0.5) is 0 Å². The Kier molecular flexibility index (Phi) is 4.49. The molecule has 0 aliphatic rings. The maximum Gasteiger partial charge on any atom is 0.152 e. The maximum atomic E-state index is 10.3. The van der Waals surface area contributed by atoms with Gasteiger partial charge in [-0.15, -0.1) is 0 Å². The first-order valence-electron chi connectivity index (χ1n) is 4.04. The van der Waals surface area contributed by atoms with Crippen LogP contribution in [0.15, 0.2) is 30.3 Å². The van der Waals surface area contributed by atoms with Gasteiger partial charge in [0.25, 0.3) is 0 Å². The highest BCUT2D eigenvalue weighted by molar-refractivity contribution is 7.79. The van der Waals surface area contributed by atoms with E-state index in [9.17, 15) is 4.21 Å². The molecule has 3 nitrogen and oxygen atoms in total. The van der Waals surface area contributed by atoms with Gasteiger partial charge in [-0.2, -0.15) is 0 Å². The van der Waals surface area contributed by atoms with Crippen molar-refractivity contribution in [2.24, 2.45) is 0 Å². The lowest BCUT2D eigenvalue weighted by Gasteiger charge is -2.03. The SMILES string of the molecule is O=S(O)CCCOc1ccccc1. The van der Waals surface area contributed by atoms with Crippen LogP contribution in [-0.2, 0) is 11.1 Å². The third-order valence-corrected chi connectivity index (χ3v) is 2.11. The van der Waals surface area contributed by atoms with E-state index in [1.165, 1.54) is 0 Å². The average Bonchev–Trinajstić information content (AvgIpc) is 2.14. The Bertz CT molecular complexity index is 261. The molecular weight excluding hydrogens is 188 g/mol. The quantitative estimate of drug-likeness (QED) is 0.581. The molecule has 0 bridgehead atoms. The molecule has 0 fully saturated rings. The lowest BCUT2D eigenvalue weighted by molar-refractivity contribution is 0.317. The summed E-state index contributed by atoms with van der Waals surface area (Å²) in [6.45, 7) is 0.482. The zero-order chi connectivity index (χ0) is 9.52. The summed E-state index contributed by atoms with van der Waals surface area (Å²) in [5.74, 6) is 1.07. The summed E-state index contributed by atoms with van der Waals surface area (Å²) in [6.07, 6.45) is 0.595. The van der Waals surface area contributed by atoms with Gasteiger partial charge in [0.2, 0.25) is 0 Å². The summed E-state index contributed by atoms with van der Waals surface area (Å²) in [6, 6.07) is 9.40. The van der Waals surface area contributed by atoms with Crippen LogP contribution in [0.3, 0.4) is 0 Å². The number of rotatable bonds is 5. The molecule has 0 aromatic heterocycles. The van der Waals surface area contributed by atoms with Crippen molar-refractivity contribution < 1.29 is 13.5 Å². The van der Waals surface area contributed by atoms with Crippen molar-refractivity contribution in [2.75, 3.05) is 12.4 Å². The minimum Gasteiger partial charge on any atom is -0.494 e. The number of para-hydroxylation sites is 1.